The van der Waals surface area contributed by atoms with Crippen LogP contribution in [0.15, 0.2) is 35.4 Å². The van der Waals surface area contributed by atoms with Gasteiger partial charge in [0.1, 0.15) is 0 Å². The van der Waals surface area contributed by atoms with Crippen molar-refractivity contribution in [3.8, 4) is 16.9 Å². The van der Waals surface area contributed by atoms with Crippen molar-refractivity contribution in [2.24, 2.45) is 0 Å². The van der Waals surface area contributed by atoms with E-state index in [1.165, 1.54) is 18.5 Å². The highest BCUT2D eigenvalue weighted by molar-refractivity contribution is 5.67. The minimum atomic E-state index is -0.500. The summed E-state index contributed by atoms with van der Waals surface area (Å²) < 4.78 is 5.25. The van der Waals surface area contributed by atoms with E-state index < -0.39 is 10.6 Å². The molecule has 98 valence electrons. The van der Waals surface area contributed by atoms with Crippen molar-refractivity contribution in [2.75, 3.05) is 6.61 Å². The predicted molar refractivity (Wildman–Crippen MR) is 68.1 cm³/mol. The maximum atomic E-state index is 10.9. The fraction of sp³-hybridized carbons (Fsp3) is 0.167. The highest BCUT2D eigenvalue weighted by Crippen LogP contribution is 2.31. The Morgan fingerprint density at radius 3 is 2.79 bits per heavy atom. The van der Waals surface area contributed by atoms with Gasteiger partial charge in [0, 0.05) is 24.0 Å². The van der Waals surface area contributed by atoms with E-state index in [1.807, 2.05) is 0 Å². The van der Waals surface area contributed by atoms with Gasteiger partial charge in [0.05, 0.1) is 11.5 Å². The smallest absolute Gasteiger partial charge is 0.344 e. The van der Waals surface area contributed by atoms with Gasteiger partial charge in [0.2, 0.25) is 0 Å². The van der Waals surface area contributed by atoms with Crippen LogP contribution in [0.3, 0.4) is 0 Å². The number of nitrogens with one attached hydrogen (secondary N) is 1. The van der Waals surface area contributed by atoms with Gasteiger partial charge in [0.25, 0.3) is 0 Å². The van der Waals surface area contributed by atoms with Crippen molar-refractivity contribution >= 4 is 5.69 Å². The topological polar surface area (TPSA) is 98.1 Å². The summed E-state index contributed by atoms with van der Waals surface area (Å²) in [5.74, 6) is 0.191. The number of ether oxygens (including phenoxy) is 1. The van der Waals surface area contributed by atoms with Gasteiger partial charge in [-0.2, -0.15) is 0 Å². The number of H-pyrrole nitrogens is 1. The van der Waals surface area contributed by atoms with Crippen molar-refractivity contribution < 1.29 is 9.66 Å². The predicted octanol–water partition coefficient (Wildman–Crippen LogP) is 1.74. The van der Waals surface area contributed by atoms with Gasteiger partial charge >= 0.3 is 11.4 Å². The van der Waals surface area contributed by atoms with Crippen LogP contribution in [0.4, 0.5) is 5.69 Å². The van der Waals surface area contributed by atoms with Gasteiger partial charge in [-0.25, -0.2) is 9.78 Å². The summed E-state index contributed by atoms with van der Waals surface area (Å²) in [5, 5.41) is 10.9. The van der Waals surface area contributed by atoms with Gasteiger partial charge in [-0.15, -0.1) is 0 Å². The molecule has 0 saturated carbocycles. The largest absolute Gasteiger partial charge is 0.487 e. The molecule has 0 aliphatic rings. The molecule has 0 saturated heterocycles. The fourth-order valence-corrected chi connectivity index (χ4v) is 1.62. The maximum absolute atomic E-state index is 10.9. The second-order valence-electron chi connectivity index (χ2n) is 3.68. The fourth-order valence-electron chi connectivity index (χ4n) is 1.62. The van der Waals surface area contributed by atoms with E-state index in [-0.39, 0.29) is 11.4 Å². The molecule has 7 nitrogen and oxygen atoms in total. The summed E-state index contributed by atoms with van der Waals surface area (Å²) in [6.07, 6.45) is 2.89. The molecule has 0 atom stereocenters. The molecule has 1 N–H and O–H groups in total. The SMILES string of the molecule is CCOc1cc(-c2cnc(=O)[nH]c2)ccc1[N+](=O)[O-]. The Morgan fingerprint density at radius 2 is 2.21 bits per heavy atom. The van der Waals surface area contributed by atoms with Crippen LogP contribution in [0.1, 0.15) is 6.92 Å². The molecule has 0 fully saturated rings. The normalized spacial score (nSPS) is 10.2. The monoisotopic (exact) mass is 261 g/mol. The maximum Gasteiger partial charge on any atom is 0.344 e. The molecule has 0 spiro atoms. The van der Waals surface area contributed by atoms with Crippen molar-refractivity contribution in [2.45, 2.75) is 6.92 Å². The van der Waals surface area contributed by atoms with E-state index in [0.717, 1.165) is 0 Å². The first-order valence-corrected chi connectivity index (χ1v) is 5.58. The Bertz CT molecular complexity index is 646. The average Bonchev–Trinajstić information content (AvgIpc) is 2.39. The second-order valence-corrected chi connectivity index (χ2v) is 3.68. The Balaban J connectivity index is 2.48. The molecule has 0 unspecified atom stereocenters. The molecule has 0 amide bonds. The lowest BCUT2D eigenvalue weighted by Crippen LogP contribution is -2.07. The zero-order valence-electron chi connectivity index (χ0n) is 10.1. The second kappa shape index (κ2) is 5.30. The average molecular weight is 261 g/mol. The van der Waals surface area contributed by atoms with Crippen molar-refractivity contribution in [3.05, 3.63) is 51.2 Å². The van der Waals surface area contributed by atoms with E-state index in [4.69, 9.17) is 4.74 Å². The molecular formula is C12H11N3O4. The summed E-state index contributed by atoms with van der Waals surface area (Å²) in [4.78, 5) is 27.3. The lowest BCUT2D eigenvalue weighted by Gasteiger charge is -2.06. The number of aromatic amines is 1. The van der Waals surface area contributed by atoms with Crippen LogP contribution >= 0.6 is 0 Å². The van der Waals surface area contributed by atoms with Crippen LogP contribution in [0.5, 0.6) is 5.75 Å². The summed E-state index contributed by atoms with van der Waals surface area (Å²) in [7, 11) is 0. The number of rotatable bonds is 4. The van der Waals surface area contributed by atoms with E-state index in [2.05, 4.69) is 9.97 Å². The first kappa shape index (κ1) is 12.7. The standard InChI is InChI=1S/C12H11N3O4/c1-2-19-11-5-8(3-4-10(11)15(17)18)9-6-13-12(16)14-7-9/h3-7H,2H2,1H3,(H,13,14,16). The molecule has 1 aromatic heterocycles. The van der Waals surface area contributed by atoms with E-state index in [1.54, 1.807) is 19.1 Å². The number of nitro groups is 1. The van der Waals surface area contributed by atoms with Gasteiger partial charge in [-0.3, -0.25) is 10.1 Å². The minimum absolute atomic E-state index is 0.0945. The Hall–Kier alpha value is -2.70. The van der Waals surface area contributed by atoms with E-state index in [0.29, 0.717) is 17.7 Å². The summed E-state index contributed by atoms with van der Waals surface area (Å²) in [5.41, 5.74) is 0.784. The zero-order chi connectivity index (χ0) is 13.8. The number of aromatic nitrogens is 2. The lowest BCUT2D eigenvalue weighted by molar-refractivity contribution is -0.385. The molecule has 2 aromatic rings. The van der Waals surface area contributed by atoms with Crippen LogP contribution < -0.4 is 10.4 Å². The lowest BCUT2D eigenvalue weighted by atomic mass is 10.1. The molecule has 0 bridgehead atoms. The molecule has 0 aliphatic heterocycles. The molecule has 1 aromatic carbocycles. The number of nitrogens with zero attached hydrogens (tertiary/aromatic N) is 2. The Kier molecular flexibility index (Phi) is 3.56. The zero-order valence-corrected chi connectivity index (χ0v) is 10.1. The quantitative estimate of drug-likeness (QED) is 0.667. The first-order valence-electron chi connectivity index (χ1n) is 5.58. The van der Waals surface area contributed by atoms with Crippen molar-refractivity contribution in [3.63, 3.8) is 0 Å². The first-order chi connectivity index (χ1) is 9.11. The summed E-state index contributed by atoms with van der Waals surface area (Å²) >= 11 is 0. The molecule has 19 heavy (non-hydrogen) atoms. The van der Waals surface area contributed by atoms with Gasteiger partial charge < -0.3 is 9.72 Å². The van der Waals surface area contributed by atoms with Gasteiger partial charge in [-0.05, 0) is 24.6 Å². The summed E-state index contributed by atoms with van der Waals surface area (Å²) in [6.45, 7) is 2.08. The van der Waals surface area contributed by atoms with Crippen LogP contribution in [-0.2, 0) is 0 Å². The third-order valence-electron chi connectivity index (χ3n) is 2.46. The van der Waals surface area contributed by atoms with Crippen LogP contribution in [0.2, 0.25) is 0 Å². The summed E-state index contributed by atoms with van der Waals surface area (Å²) in [6, 6.07) is 4.50. The van der Waals surface area contributed by atoms with E-state index >= 15 is 0 Å². The Labute approximate surface area is 108 Å². The van der Waals surface area contributed by atoms with Gasteiger partial charge in [0.15, 0.2) is 5.75 Å². The third kappa shape index (κ3) is 2.76. The molecule has 2 rings (SSSR count). The van der Waals surface area contributed by atoms with Crippen LogP contribution in [-0.4, -0.2) is 21.5 Å². The molecule has 0 radical (unpaired) electrons. The number of nitro benzene ring substituents is 1. The number of hydrogen-bond donors (Lipinski definition) is 1. The minimum Gasteiger partial charge on any atom is -0.487 e. The highest BCUT2D eigenvalue weighted by Gasteiger charge is 2.15. The number of hydrogen-bond acceptors (Lipinski definition) is 5. The van der Waals surface area contributed by atoms with Crippen LogP contribution in [0, 0.1) is 10.1 Å². The van der Waals surface area contributed by atoms with E-state index in [9.17, 15) is 14.9 Å². The number of benzene rings is 1. The van der Waals surface area contributed by atoms with Crippen molar-refractivity contribution in [1.29, 1.82) is 0 Å². The third-order valence-corrected chi connectivity index (χ3v) is 2.46. The molecule has 1 heterocycles. The Morgan fingerprint density at radius 1 is 1.42 bits per heavy atom. The molecule has 0 aliphatic carbocycles. The van der Waals surface area contributed by atoms with Gasteiger partial charge in [-0.1, -0.05) is 0 Å². The molecular weight excluding hydrogens is 250 g/mol. The van der Waals surface area contributed by atoms with Crippen LogP contribution in [0.25, 0.3) is 11.1 Å². The molecule has 7 heteroatoms. The van der Waals surface area contributed by atoms with Crippen molar-refractivity contribution in [1.82, 2.24) is 9.97 Å². The highest BCUT2D eigenvalue weighted by atomic mass is 16.6.